The van der Waals surface area contributed by atoms with Crippen LogP contribution in [0.1, 0.15) is 60.1 Å². The van der Waals surface area contributed by atoms with E-state index in [2.05, 4.69) is 46.7 Å². The van der Waals surface area contributed by atoms with Gasteiger partial charge in [-0.1, -0.05) is 60.2 Å². The summed E-state index contributed by atoms with van der Waals surface area (Å²) in [4.78, 5) is 9.51. The lowest BCUT2D eigenvalue weighted by atomic mass is 9.94. The molecule has 2 aliphatic rings. The molecule has 7 heteroatoms. The molecule has 0 radical (unpaired) electrons. The molecule has 2 aliphatic heterocycles. The number of allylic oxidation sites excluding steroid dienone is 1. The molecular weight excluding hydrogens is 358 g/mol. The molecule has 3 rings (SSSR count). The Morgan fingerprint density at radius 3 is 2.48 bits per heavy atom. The van der Waals surface area contributed by atoms with E-state index in [9.17, 15) is 0 Å². The van der Waals surface area contributed by atoms with Gasteiger partial charge in [0.15, 0.2) is 0 Å². The Hall–Kier alpha value is -1.99. The Labute approximate surface area is 167 Å². The van der Waals surface area contributed by atoms with Gasteiger partial charge in [0.05, 0.1) is 6.20 Å². The number of nitrogens with one attached hydrogen (secondary N) is 3. The maximum atomic E-state index is 5.75. The summed E-state index contributed by atoms with van der Waals surface area (Å²) in [6, 6.07) is 0. The van der Waals surface area contributed by atoms with E-state index >= 15 is 0 Å². The first-order chi connectivity index (χ1) is 13.0. The van der Waals surface area contributed by atoms with Gasteiger partial charge in [0.25, 0.3) is 0 Å². The Balaban J connectivity index is 0.000000855. The van der Waals surface area contributed by atoms with Crippen molar-refractivity contribution in [2.45, 2.75) is 65.5 Å². The molecule has 6 nitrogen and oxygen atoms in total. The van der Waals surface area contributed by atoms with E-state index in [1.54, 1.807) is 24.2 Å². The number of oxazole rings is 1. The van der Waals surface area contributed by atoms with Gasteiger partial charge >= 0.3 is 0 Å². The molecule has 3 N–H and O–H groups in total. The molecule has 0 bridgehead atoms. The molecule has 150 valence electrons. The third kappa shape index (κ3) is 7.64. The smallest absolute Gasteiger partial charge is 0.218 e. The highest BCUT2D eigenvalue weighted by molar-refractivity contribution is 8.04. The Morgan fingerprint density at radius 1 is 1.15 bits per heavy atom. The van der Waals surface area contributed by atoms with Crippen LogP contribution in [0.5, 0.6) is 0 Å². The van der Waals surface area contributed by atoms with E-state index in [0.29, 0.717) is 5.89 Å². The maximum Gasteiger partial charge on any atom is 0.218 e. The van der Waals surface area contributed by atoms with Gasteiger partial charge in [-0.25, -0.2) is 4.98 Å². The molecule has 0 fully saturated rings. The minimum Gasteiger partial charge on any atom is -0.441 e. The molecule has 1 aromatic rings. The topological polar surface area (TPSA) is 74.5 Å². The number of hydrogen-bond acceptors (Lipinski definition) is 7. The van der Waals surface area contributed by atoms with Gasteiger partial charge in [-0.05, 0) is 6.08 Å². The van der Waals surface area contributed by atoms with Gasteiger partial charge in [-0.2, -0.15) is 0 Å². The fourth-order valence-electron chi connectivity index (χ4n) is 2.02. The van der Waals surface area contributed by atoms with Crippen molar-refractivity contribution in [3.8, 4) is 0 Å². The van der Waals surface area contributed by atoms with Crippen LogP contribution in [0.15, 0.2) is 45.2 Å². The molecular formula is C20H33N5OS. The molecule has 0 saturated carbocycles. The molecule has 0 saturated heterocycles. The molecule has 0 aromatic carbocycles. The van der Waals surface area contributed by atoms with Gasteiger partial charge in [-0.15, -0.1) is 0 Å². The second-order valence-electron chi connectivity index (χ2n) is 6.28. The molecule has 2 atom stereocenters. The number of hydrogen-bond donors (Lipinski definition) is 3. The predicted molar refractivity (Wildman–Crippen MR) is 117 cm³/mol. The number of aromatic nitrogens is 1. The van der Waals surface area contributed by atoms with Crippen molar-refractivity contribution in [3.63, 3.8) is 0 Å². The van der Waals surface area contributed by atoms with Crippen molar-refractivity contribution in [1.82, 2.24) is 20.9 Å². The van der Waals surface area contributed by atoms with Crippen molar-refractivity contribution in [3.05, 3.63) is 47.4 Å². The third-order valence-corrected chi connectivity index (χ3v) is 4.32. The van der Waals surface area contributed by atoms with Crippen LogP contribution in [-0.4, -0.2) is 22.9 Å². The van der Waals surface area contributed by atoms with Crippen molar-refractivity contribution in [2.24, 2.45) is 4.99 Å². The fourth-order valence-corrected chi connectivity index (χ4v) is 2.92. The summed E-state index contributed by atoms with van der Waals surface area (Å²) < 4.78 is 5.75. The van der Waals surface area contributed by atoms with Gasteiger partial charge in [0.2, 0.25) is 5.89 Å². The zero-order valence-electron chi connectivity index (χ0n) is 17.4. The van der Waals surface area contributed by atoms with Crippen molar-refractivity contribution < 1.29 is 4.42 Å². The van der Waals surface area contributed by atoms with Crippen molar-refractivity contribution >= 4 is 24.1 Å². The van der Waals surface area contributed by atoms with E-state index in [4.69, 9.17) is 4.42 Å². The zero-order chi connectivity index (χ0) is 20.3. The van der Waals surface area contributed by atoms with Crippen LogP contribution in [-0.2, 0) is 5.41 Å². The standard InChI is InChI=1S/C16H21N5OS.2C2H6/c1-16(2,3)12-9-19-14(22-12)5-4-11-8-20-15(23-11)21-13-10-17-6-7-18-13;2*1-2/h4-10,13,15,18,20-21H,1-3H3;2*1-2H3/b5-4+;;. The van der Waals surface area contributed by atoms with Crippen LogP contribution in [0, 0.1) is 0 Å². The van der Waals surface area contributed by atoms with Crippen molar-refractivity contribution in [2.75, 3.05) is 0 Å². The molecule has 1 aromatic heterocycles. The average Bonchev–Trinajstić information content (AvgIpc) is 3.33. The zero-order valence-corrected chi connectivity index (χ0v) is 18.2. The van der Waals surface area contributed by atoms with Crippen LogP contribution < -0.4 is 16.0 Å². The molecule has 3 heterocycles. The Morgan fingerprint density at radius 2 is 1.89 bits per heavy atom. The van der Waals surface area contributed by atoms with Gasteiger partial charge in [0.1, 0.15) is 17.4 Å². The maximum absolute atomic E-state index is 5.75. The van der Waals surface area contributed by atoms with Crippen LogP contribution in [0.3, 0.4) is 0 Å². The molecule has 2 unspecified atom stereocenters. The first kappa shape index (κ1) is 23.0. The van der Waals surface area contributed by atoms with E-state index < -0.39 is 0 Å². The number of thioether (sulfide) groups is 1. The lowest BCUT2D eigenvalue weighted by Gasteiger charge is -2.21. The van der Waals surface area contributed by atoms with Crippen molar-refractivity contribution in [1.29, 1.82) is 0 Å². The summed E-state index contributed by atoms with van der Waals surface area (Å²) in [6.45, 7) is 14.3. The van der Waals surface area contributed by atoms with E-state index in [1.807, 2.05) is 58.5 Å². The first-order valence-corrected chi connectivity index (χ1v) is 10.4. The monoisotopic (exact) mass is 391 g/mol. The Bertz CT molecular complexity index is 670. The second-order valence-corrected chi connectivity index (χ2v) is 7.46. The minimum absolute atomic E-state index is 0.0277. The SMILES string of the molecule is CC.CC.CC(C)(C)c1cnc(/C=C/C2=CNC(NC3C=NC=CN3)S2)o1. The van der Waals surface area contributed by atoms with Crippen LogP contribution >= 0.6 is 11.8 Å². The number of rotatable bonds is 4. The van der Waals surface area contributed by atoms with Crippen LogP contribution in [0.2, 0.25) is 0 Å². The van der Waals surface area contributed by atoms with E-state index in [1.165, 1.54) is 0 Å². The second kappa shape index (κ2) is 11.7. The molecule has 0 spiro atoms. The summed E-state index contributed by atoms with van der Waals surface area (Å²) in [7, 11) is 0. The van der Waals surface area contributed by atoms with Gasteiger partial charge in [0, 0.05) is 41.2 Å². The lowest BCUT2D eigenvalue weighted by Crippen LogP contribution is -2.49. The highest BCUT2D eigenvalue weighted by Gasteiger charge is 2.20. The molecule has 0 amide bonds. The normalized spacial score (nSPS) is 20.8. The lowest BCUT2D eigenvalue weighted by molar-refractivity contribution is 0.403. The third-order valence-electron chi connectivity index (χ3n) is 3.29. The number of nitrogens with zero attached hydrogens (tertiary/aromatic N) is 2. The fraction of sp³-hybridized carbons (Fsp3) is 0.500. The number of aliphatic imine (C=N–C) groups is 1. The quantitative estimate of drug-likeness (QED) is 0.699. The van der Waals surface area contributed by atoms with Crippen LogP contribution in [0.25, 0.3) is 6.08 Å². The summed E-state index contributed by atoms with van der Waals surface area (Å²) in [6.07, 6.45) is 13.1. The summed E-state index contributed by atoms with van der Waals surface area (Å²) in [5.74, 6) is 1.51. The molecule has 27 heavy (non-hydrogen) atoms. The van der Waals surface area contributed by atoms with Gasteiger partial charge < -0.3 is 15.1 Å². The average molecular weight is 392 g/mol. The summed E-state index contributed by atoms with van der Waals surface area (Å²) in [5, 5.41) is 9.84. The van der Waals surface area contributed by atoms with E-state index in [-0.39, 0.29) is 17.1 Å². The highest BCUT2D eigenvalue weighted by Crippen LogP contribution is 2.27. The largest absolute Gasteiger partial charge is 0.441 e. The summed E-state index contributed by atoms with van der Waals surface area (Å²) >= 11 is 1.69. The first-order valence-electron chi connectivity index (χ1n) is 9.48. The molecule has 0 aliphatic carbocycles. The Kier molecular flexibility index (Phi) is 9.96. The van der Waals surface area contributed by atoms with Gasteiger partial charge in [-0.3, -0.25) is 10.3 Å². The minimum atomic E-state index is -0.0277. The van der Waals surface area contributed by atoms with E-state index in [0.717, 1.165) is 10.7 Å². The highest BCUT2D eigenvalue weighted by atomic mass is 32.2. The summed E-state index contributed by atoms with van der Waals surface area (Å²) in [5.41, 5.74) is 0.0693. The van der Waals surface area contributed by atoms with Crippen LogP contribution in [0.4, 0.5) is 0 Å². The predicted octanol–water partition coefficient (Wildman–Crippen LogP) is 4.56.